The van der Waals surface area contributed by atoms with E-state index in [1.165, 1.54) is 0 Å². The average Bonchev–Trinajstić information content (AvgIpc) is 3.38. The van der Waals surface area contributed by atoms with Crippen molar-refractivity contribution in [3.05, 3.63) is 120 Å². The normalized spacial score (nSPS) is 20.5. The van der Waals surface area contributed by atoms with E-state index in [2.05, 4.69) is 53.1 Å². The van der Waals surface area contributed by atoms with Gasteiger partial charge in [-0.2, -0.15) is 0 Å². The van der Waals surface area contributed by atoms with Gasteiger partial charge in [0.15, 0.2) is 0 Å². The topological polar surface area (TPSA) is 82.6 Å². The van der Waals surface area contributed by atoms with E-state index in [1.807, 2.05) is 54.9 Å². The summed E-state index contributed by atoms with van der Waals surface area (Å²) in [5, 5.41) is 10.5. The smallest absolute Gasteiger partial charge is 0.139 e. The standard InChI is InChI=1S/C24H24N6/c25-29-15-21(17-8-3-1-4-9-17)27-23(29)19-12-7-13-20(14-19)24-28-22(16-30(24)26)18-10-5-2-6-11-18/h1-16,23-24,27-28H,25-26H2. The molecule has 0 aromatic heterocycles. The van der Waals surface area contributed by atoms with Crippen LogP contribution in [0.2, 0.25) is 0 Å². The van der Waals surface area contributed by atoms with Crippen LogP contribution < -0.4 is 22.3 Å². The minimum atomic E-state index is -0.144. The molecule has 2 unspecified atom stereocenters. The molecule has 0 bridgehead atoms. The lowest BCUT2D eigenvalue weighted by molar-refractivity contribution is 0.286. The van der Waals surface area contributed by atoms with Crippen LogP contribution in [0.3, 0.4) is 0 Å². The van der Waals surface area contributed by atoms with Crippen LogP contribution >= 0.6 is 0 Å². The van der Waals surface area contributed by atoms with E-state index in [0.29, 0.717) is 0 Å². The minimum absolute atomic E-state index is 0.144. The van der Waals surface area contributed by atoms with Crippen molar-refractivity contribution >= 4 is 11.4 Å². The molecule has 6 heteroatoms. The first-order valence-electron chi connectivity index (χ1n) is 9.92. The second kappa shape index (κ2) is 7.59. The van der Waals surface area contributed by atoms with Crippen molar-refractivity contribution in [2.45, 2.75) is 12.3 Å². The molecule has 0 aliphatic carbocycles. The molecular weight excluding hydrogens is 372 g/mol. The minimum Gasteiger partial charge on any atom is -0.359 e. The molecule has 2 aliphatic heterocycles. The maximum absolute atomic E-state index is 6.30. The van der Waals surface area contributed by atoms with Crippen LogP contribution in [0.25, 0.3) is 11.4 Å². The third kappa shape index (κ3) is 3.39. The predicted octanol–water partition coefficient (Wildman–Crippen LogP) is 3.24. The zero-order valence-corrected chi connectivity index (χ0v) is 16.4. The van der Waals surface area contributed by atoms with E-state index in [0.717, 1.165) is 33.6 Å². The van der Waals surface area contributed by atoms with Crippen LogP contribution in [-0.4, -0.2) is 10.0 Å². The molecule has 150 valence electrons. The van der Waals surface area contributed by atoms with Gasteiger partial charge in [0.1, 0.15) is 12.3 Å². The Morgan fingerprint density at radius 2 is 1.00 bits per heavy atom. The summed E-state index contributed by atoms with van der Waals surface area (Å²) >= 11 is 0. The quantitative estimate of drug-likeness (QED) is 0.507. The van der Waals surface area contributed by atoms with Crippen LogP contribution in [0.1, 0.15) is 34.6 Å². The van der Waals surface area contributed by atoms with E-state index in [9.17, 15) is 0 Å². The van der Waals surface area contributed by atoms with E-state index in [-0.39, 0.29) is 12.3 Å². The van der Waals surface area contributed by atoms with Gasteiger partial charge in [0.2, 0.25) is 0 Å². The molecule has 5 rings (SSSR count). The summed E-state index contributed by atoms with van der Waals surface area (Å²) in [7, 11) is 0. The highest BCUT2D eigenvalue weighted by Gasteiger charge is 2.27. The Hall–Kier alpha value is -3.74. The van der Waals surface area contributed by atoms with Gasteiger partial charge in [-0.15, -0.1) is 0 Å². The number of hydrazine groups is 2. The maximum Gasteiger partial charge on any atom is 0.139 e. The van der Waals surface area contributed by atoms with E-state index < -0.39 is 0 Å². The van der Waals surface area contributed by atoms with Crippen LogP contribution in [0, 0.1) is 0 Å². The molecule has 3 aromatic carbocycles. The van der Waals surface area contributed by atoms with Gasteiger partial charge in [0, 0.05) is 12.4 Å². The summed E-state index contributed by atoms with van der Waals surface area (Å²) in [5.41, 5.74) is 6.35. The van der Waals surface area contributed by atoms with Gasteiger partial charge < -0.3 is 10.6 Å². The van der Waals surface area contributed by atoms with E-state index in [1.54, 1.807) is 10.0 Å². The second-order valence-electron chi connectivity index (χ2n) is 7.48. The number of hydrogen-bond acceptors (Lipinski definition) is 6. The maximum atomic E-state index is 6.30. The Morgan fingerprint density at radius 3 is 1.43 bits per heavy atom. The Kier molecular flexibility index (Phi) is 4.63. The highest BCUT2D eigenvalue weighted by molar-refractivity contribution is 5.67. The van der Waals surface area contributed by atoms with Crippen molar-refractivity contribution < 1.29 is 0 Å². The summed E-state index contributed by atoms with van der Waals surface area (Å²) < 4.78 is 0. The van der Waals surface area contributed by atoms with Crippen molar-refractivity contribution in [2.75, 3.05) is 0 Å². The highest BCUT2D eigenvalue weighted by atomic mass is 15.5. The number of nitrogens with one attached hydrogen (secondary N) is 2. The first-order chi connectivity index (χ1) is 14.7. The van der Waals surface area contributed by atoms with Gasteiger partial charge in [-0.1, -0.05) is 78.9 Å². The van der Waals surface area contributed by atoms with E-state index in [4.69, 9.17) is 11.7 Å². The van der Waals surface area contributed by atoms with Gasteiger partial charge in [-0.3, -0.25) is 10.0 Å². The number of benzene rings is 3. The molecule has 2 heterocycles. The van der Waals surface area contributed by atoms with Gasteiger partial charge in [-0.25, -0.2) is 11.7 Å². The fraction of sp³-hybridized carbons (Fsp3) is 0.0833. The van der Waals surface area contributed by atoms with Crippen LogP contribution in [0.5, 0.6) is 0 Å². The second-order valence-corrected chi connectivity index (χ2v) is 7.48. The van der Waals surface area contributed by atoms with Crippen molar-refractivity contribution in [3.63, 3.8) is 0 Å². The number of hydrogen-bond donors (Lipinski definition) is 4. The lowest BCUT2D eigenvalue weighted by Crippen LogP contribution is -2.34. The molecule has 0 spiro atoms. The summed E-state index contributed by atoms with van der Waals surface area (Å²) in [5.74, 6) is 12.6. The zero-order chi connectivity index (χ0) is 20.5. The monoisotopic (exact) mass is 396 g/mol. The van der Waals surface area contributed by atoms with Crippen molar-refractivity contribution in [2.24, 2.45) is 11.7 Å². The average molecular weight is 396 g/mol. The van der Waals surface area contributed by atoms with Crippen LogP contribution in [-0.2, 0) is 0 Å². The molecule has 0 amide bonds. The predicted molar refractivity (Wildman–Crippen MR) is 119 cm³/mol. The van der Waals surface area contributed by atoms with Crippen molar-refractivity contribution in [1.29, 1.82) is 0 Å². The summed E-state index contributed by atoms with van der Waals surface area (Å²) in [6, 6.07) is 28.7. The van der Waals surface area contributed by atoms with Gasteiger partial charge >= 0.3 is 0 Å². The number of nitrogens with zero attached hydrogens (tertiary/aromatic N) is 2. The molecule has 0 saturated carbocycles. The highest BCUT2D eigenvalue weighted by Crippen LogP contribution is 2.31. The third-order valence-electron chi connectivity index (χ3n) is 5.45. The molecule has 2 atom stereocenters. The Morgan fingerprint density at radius 1 is 0.567 bits per heavy atom. The summed E-state index contributed by atoms with van der Waals surface area (Å²) in [6.45, 7) is 0. The largest absolute Gasteiger partial charge is 0.359 e. The van der Waals surface area contributed by atoms with Gasteiger partial charge in [0.05, 0.1) is 11.4 Å². The molecule has 30 heavy (non-hydrogen) atoms. The number of rotatable bonds is 4. The van der Waals surface area contributed by atoms with Crippen molar-refractivity contribution in [3.8, 4) is 0 Å². The van der Waals surface area contributed by atoms with Gasteiger partial charge in [-0.05, 0) is 28.3 Å². The van der Waals surface area contributed by atoms with Crippen LogP contribution in [0.15, 0.2) is 97.3 Å². The molecular formula is C24H24N6. The fourth-order valence-corrected chi connectivity index (χ4v) is 3.93. The Balaban J connectivity index is 1.36. The molecule has 6 nitrogen and oxygen atoms in total. The fourth-order valence-electron chi connectivity index (χ4n) is 3.93. The van der Waals surface area contributed by atoms with E-state index >= 15 is 0 Å². The Bertz CT molecular complexity index is 1010. The Labute approximate surface area is 176 Å². The number of nitrogens with two attached hydrogens (primary N) is 2. The third-order valence-corrected chi connectivity index (χ3v) is 5.45. The summed E-state index contributed by atoms with van der Waals surface area (Å²) in [4.78, 5) is 0. The van der Waals surface area contributed by atoms with Crippen molar-refractivity contribution in [1.82, 2.24) is 20.7 Å². The molecule has 2 aliphatic rings. The zero-order valence-electron chi connectivity index (χ0n) is 16.4. The molecule has 6 N–H and O–H groups in total. The SMILES string of the molecule is NN1C=C(c2ccccc2)NC1c1cccc(C2NC(c3ccccc3)=CN2N)c1. The lowest BCUT2D eigenvalue weighted by Gasteiger charge is -2.25. The lowest BCUT2D eigenvalue weighted by atomic mass is 10.1. The molecule has 0 fully saturated rings. The first kappa shape index (κ1) is 18.3. The van der Waals surface area contributed by atoms with Crippen LogP contribution in [0.4, 0.5) is 0 Å². The molecule has 3 aromatic rings. The first-order valence-corrected chi connectivity index (χ1v) is 9.92. The molecule has 0 saturated heterocycles. The molecule has 0 radical (unpaired) electrons. The van der Waals surface area contributed by atoms with Gasteiger partial charge in [0.25, 0.3) is 0 Å². The summed E-state index contributed by atoms with van der Waals surface area (Å²) in [6.07, 6.45) is 3.58.